The fraction of sp³-hybridized carbons (Fsp3) is 0.111. The van der Waals surface area contributed by atoms with Crippen molar-refractivity contribution < 1.29 is 20.0 Å². The van der Waals surface area contributed by atoms with Crippen molar-refractivity contribution in [1.29, 1.82) is 0 Å². The molecule has 0 atom stereocenters. The number of oxime groups is 2. The van der Waals surface area contributed by atoms with Gasteiger partial charge < -0.3 is 10.4 Å². The first-order valence-electron chi connectivity index (χ1n) is 7.15. The third kappa shape index (κ3) is 3.55. The Morgan fingerprint density at radius 1 is 0.667 bits per heavy atom. The van der Waals surface area contributed by atoms with Crippen LogP contribution in [0.1, 0.15) is 34.6 Å². The second kappa shape index (κ2) is 7.32. The molecule has 122 valence electrons. The second-order valence-electron chi connectivity index (χ2n) is 5.18. The molecule has 0 aliphatic heterocycles. The first kappa shape index (κ1) is 17.1. The summed E-state index contributed by atoms with van der Waals surface area (Å²) in [5.41, 5.74) is 2.64. The molecule has 6 heteroatoms. The van der Waals surface area contributed by atoms with Gasteiger partial charge in [0.25, 0.3) is 0 Å². The maximum absolute atomic E-state index is 11.9. The fourth-order valence-corrected chi connectivity index (χ4v) is 2.14. The Bertz CT molecular complexity index is 748. The van der Waals surface area contributed by atoms with Crippen molar-refractivity contribution in [2.45, 2.75) is 13.8 Å². The van der Waals surface area contributed by atoms with Crippen molar-refractivity contribution in [3.63, 3.8) is 0 Å². The van der Waals surface area contributed by atoms with Crippen LogP contribution in [-0.2, 0) is 0 Å². The highest BCUT2D eigenvalue weighted by Gasteiger charge is 2.12. The zero-order valence-electron chi connectivity index (χ0n) is 13.2. The largest absolute Gasteiger partial charge is 0.411 e. The van der Waals surface area contributed by atoms with Crippen molar-refractivity contribution in [2.24, 2.45) is 10.3 Å². The third-order valence-corrected chi connectivity index (χ3v) is 3.58. The number of nitrogens with zero attached hydrogens (tertiary/aromatic N) is 2. The monoisotopic (exact) mass is 324 g/mol. The van der Waals surface area contributed by atoms with Gasteiger partial charge in [0.2, 0.25) is 11.6 Å². The molecule has 2 rings (SSSR count). The number of hydrogen-bond donors (Lipinski definition) is 2. The molecule has 6 nitrogen and oxygen atoms in total. The third-order valence-electron chi connectivity index (χ3n) is 3.58. The van der Waals surface area contributed by atoms with E-state index in [2.05, 4.69) is 10.3 Å². The van der Waals surface area contributed by atoms with E-state index in [0.717, 1.165) is 11.1 Å². The van der Waals surface area contributed by atoms with E-state index in [4.69, 9.17) is 10.4 Å². The predicted octanol–water partition coefficient (Wildman–Crippen LogP) is 3.42. The summed E-state index contributed by atoms with van der Waals surface area (Å²) < 4.78 is 0. The quantitative estimate of drug-likeness (QED) is 0.381. The van der Waals surface area contributed by atoms with Crippen molar-refractivity contribution in [3.8, 4) is 11.1 Å². The van der Waals surface area contributed by atoms with Gasteiger partial charge in [-0.25, -0.2) is 0 Å². The lowest BCUT2D eigenvalue weighted by molar-refractivity contribution is 0.105. The minimum absolute atomic E-state index is 0.0199. The van der Waals surface area contributed by atoms with Crippen LogP contribution in [0.15, 0.2) is 58.8 Å². The summed E-state index contributed by atoms with van der Waals surface area (Å²) in [5.74, 6) is -0.687. The maximum atomic E-state index is 11.9. The Labute approximate surface area is 138 Å². The zero-order chi connectivity index (χ0) is 17.7. The van der Waals surface area contributed by atoms with E-state index >= 15 is 0 Å². The lowest BCUT2D eigenvalue weighted by atomic mass is 9.99. The number of rotatable bonds is 5. The molecular weight excluding hydrogens is 308 g/mol. The lowest BCUT2D eigenvalue weighted by Gasteiger charge is -2.05. The number of hydrogen-bond acceptors (Lipinski definition) is 6. The van der Waals surface area contributed by atoms with E-state index in [-0.39, 0.29) is 23.0 Å². The minimum Gasteiger partial charge on any atom is -0.411 e. The molecule has 0 heterocycles. The molecular formula is C18H16N2O4. The van der Waals surface area contributed by atoms with E-state index in [1.165, 1.54) is 13.8 Å². The summed E-state index contributed by atoms with van der Waals surface area (Å²) in [6, 6.07) is 13.7. The molecule has 2 aromatic carbocycles. The van der Waals surface area contributed by atoms with Crippen LogP contribution in [0.5, 0.6) is 0 Å². The molecule has 0 fully saturated rings. The fourth-order valence-electron chi connectivity index (χ4n) is 2.14. The molecule has 2 aromatic rings. The highest BCUT2D eigenvalue weighted by molar-refractivity contribution is 6.45. The van der Waals surface area contributed by atoms with Crippen molar-refractivity contribution in [2.75, 3.05) is 0 Å². The number of Topliss-reactive ketones (excluding diaryl/α,β-unsaturated/α-hetero) is 2. The van der Waals surface area contributed by atoms with Crippen LogP contribution in [0.2, 0.25) is 0 Å². The molecule has 0 saturated heterocycles. The summed E-state index contributed by atoms with van der Waals surface area (Å²) in [7, 11) is 0. The molecule has 0 aromatic heterocycles. The van der Waals surface area contributed by atoms with Gasteiger partial charge in [0.1, 0.15) is 11.4 Å². The van der Waals surface area contributed by atoms with Gasteiger partial charge in [0.15, 0.2) is 0 Å². The molecule has 24 heavy (non-hydrogen) atoms. The average molecular weight is 324 g/mol. The Morgan fingerprint density at radius 2 is 0.958 bits per heavy atom. The predicted molar refractivity (Wildman–Crippen MR) is 90.3 cm³/mol. The number of ketones is 2. The topological polar surface area (TPSA) is 99.3 Å². The second-order valence-corrected chi connectivity index (χ2v) is 5.18. The molecule has 0 spiro atoms. The average Bonchev–Trinajstić information content (AvgIpc) is 2.65. The van der Waals surface area contributed by atoms with Crippen molar-refractivity contribution in [1.82, 2.24) is 0 Å². The van der Waals surface area contributed by atoms with Crippen LogP contribution in [0.3, 0.4) is 0 Å². The molecule has 2 N–H and O–H groups in total. The highest BCUT2D eigenvalue weighted by atomic mass is 16.4. The molecule has 0 unspecified atom stereocenters. The van der Waals surface area contributed by atoms with E-state index in [0.29, 0.717) is 11.1 Å². The summed E-state index contributed by atoms with van der Waals surface area (Å²) in [6.45, 7) is 2.87. The SMILES string of the molecule is CC(=NO)C(=O)c1ccc(-c2ccc(C(=O)C(C)=NO)cc2)cc1. The van der Waals surface area contributed by atoms with Gasteiger partial charge in [-0.2, -0.15) is 0 Å². The molecule has 0 radical (unpaired) electrons. The van der Waals surface area contributed by atoms with E-state index < -0.39 is 0 Å². The number of carbonyl (C=O) groups excluding carboxylic acids is 2. The van der Waals surface area contributed by atoms with Crippen LogP contribution < -0.4 is 0 Å². The normalized spacial score (nSPS) is 12.1. The van der Waals surface area contributed by atoms with Gasteiger partial charge >= 0.3 is 0 Å². The number of carbonyl (C=O) groups is 2. The summed E-state index contributed by atoms with van der Waals surface area (Å²) in [5, 5.41) is 23.1. The zero-order valence-corrected chi connectivity index (χ0v) is 13.2. The minimum atomic E-state index is -0.344. The van der Waals surface area contributed by atoms with Gasteiger partial charge in [-0.15, -0.1) is 0 Å². The van der Waals surface area contributed by atoms with Gasteiger partial charge in [-0.05, 0) is 25.0 Å². The maximum Gasteiger partial charge on any atom is 0.210 e. The van der Waals surface area contributed by atoms with Crippen molar-refractivity contribution in [3.05, 3.63) is 59.7 Å². The van der Waals surface area contributed by atoms with E-state index in [1.54, 1.807) is 48.5 Å². The smallest absolute Gasteiger partial charge is 0.210 e. The van der Waals surface area contributed by atoms with Crippen LogP contribution in [-0.4, -0.2) is 33.4 Å². The van der Waals surface area contributed by atoms with Crippen LogP contribution in [0.25, 0.3) is 11.1 Å². The Hall–Kier alpha value is -3.28. The van der Waals surface area contributed by atoms with Gasteiger partial charge in [0.05, 0.1) is 0 Å². The summed E-state index contributed by atoms with van der Waals surface area (Å²) >= 11 is 0. The van der Waals surface area contributed by atoms with E-state index in [9.17, 15) is 9.59 Å². The van der Waals surface area contributed by atoms with Crippen LogP contribution in [0.4, 0.5) is 0 Å². The summed E-state index contributed by atoms with van der Waals surface area (Å²) in [4.78, 5) is 23.8. The molecule has 0 amide bonds. The Morgan fingerprint density at radius 3 is 1.21 bits per heavy atom. The molecule has 0 saturated carbocycles. The Balaban J connectivity index is 2.24. The highest BCUT2D eigenvalue weighted by Crippen LogP contribution is 2.21. The molecule has 0 bridgehead atoms. The Kier molecular flexibility index (Phi) is 5.21. The van der Waals surface area contributed by atoms with Gasteiger partial charge in [-0.3, -0.25) is 9.59 Å². The van der Waals surface area contributed by atoms with E-state index in [1.807, 2.05) is 0 Å². The van der Waals surface area contributed by atoms with Crippen molar-refractivity contribution >= 4 is 23.0 Å². The van der Waals surface area contributed by atoms with Crippen LogP contribution >= 0.6 is 0 Å². The first-order valence-corrected chi connectivity index (χ1v) is 7.15. The number of benzene rings is 2. The summed E-state index contributed by atoms with van der Waals surface area (Å²) in [6.07, 6.45) is 0. The molecule has 0 aliphatic rings. The van der Waals surface area contributed by atoms with Gasteiger partial charge in [0, 0.05) is 11.1 Å². The molecule has 0 aliphatic carbocycles. The van der Waals surface area contributed by atoms with Gasteiger partial charge in [-0.1, -0.05) is 58.8 Å². The standard InChI is InChI=1S/C18H16N2O4/c1-11(19-23)17(21)15-7-3-13(4-8-15)14-5-9-16(10-6-14)18(22)12(2)20-24/h3-10,23-24H,1-2H3. The lowest BCUT2D eigenvalue weighted by Crippen LogP contribution is -2.10. The van der Waals surface area contributed by atoms with Crippen LogP contribution in [0, 0.1) is 0 Å². The first-order chi connectivity index (χ1) is 11.5.